The first-order valence-corrected chi connectivity index (χ1v) is 9.19. The molecule has 0 aromatic heterocycles. The van der Waals surface area contributed by atoms with Gasteiger partial charge in [-0.25, -0.2) is 0 Å². The van der Waals surface area contributed by atoms with Gasteiger partial charge < -0.3 is 0 Å². The van der Waals surface area contributed by atoms with Crippen LogP contribution in [0.2, 0.25) is 4.82 Å². The van der Waals surface area contributed by atoms with E-state index < -0.39 is 12.0 Å². The summed E-state index contributed by atoms with van der Waals surface area (Å²) in [5, 5.41) is 10.7. The summed E-state index contributed by atoms with van der Waals surface area (Å²) in [6.07, 6.45) is 2.74. The van der Waals surface area contributed by atoms with Gasteiger partial charge in [0.2, 0.25) is 0 Å². The average Bonchev–Trinajstić information content (AvgIpc) is 2.86. The Labute approximate surface area is 132 Å². The fourth-order valence-electron chi connectivity index (χ4n) is 2.73. The van der Waals surface area contributed by atoms with E-state index in [-0.39, 0.29) is 31.7 Å². The number of carbonyl (C=O) groups is 1. The van der Waals surface area contributed by atoms with Gasteiger partial charge in [0.15, 0.2) is 0 Å². The Bertz CT molecular complexity index is 474. The molecule has 4 heteroatoms. The summed E-state index contributed by atoms with van der Waals surface area (Å²) >= 11 is 0.150. The van der Waals surface area contributed by atoms with E-state index in [1.165, 1.54) is 4.46 Å². The van der Waals surface area contributed by atoms with Crippen molar-refractivity contribution in [3.05, 3.63) is 43.0 Å². The molecule has 0 saturated carbocycles. The van der Waals surface area contributed by atoms with E-state index in [0.29, 0.717) is 13.0 Å². The van der Waals surface area contributed by atoms with Crippen LogP contribution in [0.3, 0.4) is 0 Å². The molecule has 0 amide bonds. The third-order valence-corrected chi connectivity index (χ3v) is 6.93. The quantitative estimate of drug-likeness (QED) is 0.463. The second-order valence-electron chi connectivity index (χ2n) is 5.31. The van der Waals surface area contributed by atoms with Crippen LogP contribution in [0.15, 0.2) is 43.0 Å². The number of hydrogen-bond acceptors (Lipinski definition) is 3. The molecule has 3 nitrogen and oxygen atoms in total. The van der Waals surface area contributed by atoms with Crippen molar-refractivity contribution in [2.45, 2.75) is 30.7 Å². The van der Waals surface area contributed by atoms with Crippen molar-refractivity contribution in [1.29, 1.82) is 0 Å². The van der Waals surface area contributed by atoms with Gasteiger partial charge in [-0.3, -0.25) is 0 Å². The summed E-state index contributed by atoms with van der Waals surface area (Å²) in [5.74, 6) is -0.596. The maximum atomic E-state index is 12.0. The van der Waals surface area contributed by atoms with Crippen molar-refractivity contribution in [3.8, 4) is 0 Å². The number of aliphatic hydroxyl groups excluding tert-OH is 1. The van der Waals surface area contributed by atoms with E-state index in [9.17, 15) is 9.90 Å². The normalized spacial score (nSPS) is 24.4. The van der Waals surface area contributed by atoms with E-state index in [1.54, 1.807) is 6.08 Å². The predicted octanol–water partition coefficient (Wildman–Crippen LogP) is 1.94. The number of carbonyl (C=O) groups excluding carboxylic acids is 1. The van der Waals surface area contributed by atoms with Crippen LogP contribution in [0.25, 0.3) is 0 Å². The van der Waals surface area contributed by atoms with Gasteiger partial charge in [0.05, 0.1) is 0 Å². The van der Waals surface area contributed by atoms with Gasteiger partial charge in [-0.15, -0.1) is 0 Å². The fourth-order valence-corrected chi connectivity index (χ4v) is 5.12. The topological polar surface area (TPSA) is 46.5 Å². The Kier molecular flexibility index (Phi) is 6.04. The van der Waals surface area contributed by atoms with E-state index in [1.807, 2.05) is 18.2 Å². The minimum atomic E-state index is -0.629. The van der Waals surface area contributed by atoms with Gasteiger partial charge in [-0.2, -0.15) is 0 Å². The summed E-state index contributed by atoms with van der Waals surface area (Å²) in [4.78, 5) is 12.1. The predicted molar refractivity (Wildman–Crippen MR) is 84.6 cm³/mol. The fraction of sp³-hybridized carbons (Fsp3) is 0.471. The molecule has 21 heavy (non-hydrogen) atoms. The van der Waals surface area contributed by atoms with Crippen molar-refractivity contribution >= 4 is 25.4 Å². The van der Waals surface area contributed by atoms with Crippen molar-refractivity contribution in [2.75, 3.05) is 6.61 Å². The zero-order valence-electron chi connectivity index (χ0n) is 12.3. The number of allylic oxidation sites excluding steroid dienone is 1. The number of ether oxygens (including phenoxy) is 1. The SMILES string of the molecule is C=CC[C@H]1COC(=O)[C@@H]1[C@H](O)C(CC)[Se]c1ccccc1. The van der Waals surface area contributed by atoms with Crippen molar-refractivity contribution in [1.82, 2.24) is 0 Å². The van der Waals surface area contributed by atoms with E-state index in [0.717, 1.165) is 6.42 Å². The molecule has 2 rings (SSSR count). The molecule has 1 saturated heterocycles. The summed E-state index contributed by atoms with van der Waals surface area (Å²) in [5.41, 5.74) is 0. The first-order valence-electron chi connectivity index (χ1n) is 7.34. The van der Waals surface area contributed by atoms with Crippen LogP contribution in [-0.4, -0.2) is 38.7 Å². The molecule has 1 aliphatic heterocycles. The Balaban J connectivity index is 2.09. The third-order valence-electron chi connectivity index (χ3n) is 3.87. The second-order valence-corrected chi connectivity index (χ2v) is 8.06. The zero-order valence-corrected chi connectivity index (χ0v) is 14.0. The summed E-state index contributed by atoms with van der Waals surface area (Å²) < 4.78 is 6.41. The van der Waals surface area contributed by atoms with Crippen molar-refractivity contribution in [2.24, 2.45) is 11.8 Å². The molecule has 0 spiro atoms. The van der Waals surface area contributed by atoms with Crippen LogP contribution in [0.4, 0.5) is 0 Å². The molecular formula is C17H22O3Se. The molecule has 114 valence electrons. The molecule has 0 aliphatic carbocycles. The van der Waals surface area contributed by atoms with Gasteiger partial charge >= 0.3 is 132 Å². The van der Waals surface area contributed by atoms with Crippen molar-refractivity contribution < 1.29 is 14.6 Å². The van der Waals surface area contributed by atoms with Gasteiger partial charge in [-0.1, -0.05) is 0 Å². The molecule has 1 N–H and O–H groups in total. The summed E-state index contributed by atoms with van der Waals surface area (Å²) in [6, 6.07) is 10.2. The van der Waals surface area contributed by atoms with Crippen LogP contribution >= 0.6 is 0 Å². The van der Waals surface area contributed by atoms with Crippen LogP contribution in [0.1, 0.15) is 19.8 Å². The van der Waals surface area contributed by atoms with E-state index in [2.05, 4.69) is 25.6 Å². The molecule has 1 aliphatic rings. The molecule has 0 radical (unpaired) electrons. The first-order chi connectivity index (χ1) is 10.2. The number of benzene rings is 1. The minimum absolute atomic E-state index is 0.0608. The Morgan fingerprint density at radius 3 is 2.81 bits per heavy atom. The standard InChI is InChI=1S/C17H22O3Se/c1-3-8-12-11-20-17(19)15(12)16(18)14(4-2)21-13-9-6-5-7-10-13/h3,5-7,9-10,12,14-16,18H,1,4,8,11H2,2H3/t12-,14?,15-,16+/m0/s1. The van der Waals surface area contributed by atoms with Crippen LogP contribution in [-0.2, 0) is 9.53 Å². The van der Waals surface area contributed by atoms with Gasteiger partial charge in [-0.05, 0) is 0 Å². The molecule has 1 unspecified atom stereocenters. The molecule has 1 aromatic carbocycles. The first kappa shape index (κ1) is 16.3. The van der Waals surface area contributed by atoms with Gasteiger partial charge in [0.1, 0.15) is 0 Å². The van der Waals surface area contributed by atoms with Gasteiger partial charge in [0, 0.05) is 0 Å². The average molecular weight is 353 g/mol. The Hall–Kier alpha value is -1.09. The number of rotatable bonds is 7. The molecule has 4 atom stereocenters. The van der Waals surface area contributed by atoms with Crippen LogP contribution < -0.4 is 4.46 Å². The summed E-state index contributed by atoms with van der Waals surface area (Å²) in [6.45, 7) is 6.21. The molecule has 1 fully saturated rings. The Morgan fingerprint density at radius 1 is 1.48 bits per heavy atom. The van der Waals surface area contributed by atoms with Crippen LogP contribution in [0, 0.1) is 11.8 Å². The third kappa shape index (κ3) is 3.97. The zero-order chi connectivity index (χ0) is 15.2. The number of aliphatic hydroxyl groups is 1. The van der Waals surface area contributed by atoms with E-state index >= 15 is 0 Å². The monoisotopic (exact) mass is 354 g/mol. The van der Waals surface area contributed by atoms with Crippen molar-refractivity contribution in [3.63, 3.8) is 0 Å². The number of hydrogen-bond donors (Lipinski definition) is 1. The second kappa shape index (κ2) is 7.79. The Morgan fingerprint density at radius 2 is 2.19 bits per heavy atom. The number of esters is 1. The van der Waals surface area contributed by atoms with Crippen LogP contribution in [0.5, 0.6) is 0 Å². The molecule has 1 aromatic rings. The van der Waals surface area contributed by atoms with E-state index in [4.69, 9.17) is 4.74 Å². The molecule has 1 heterocycles. The molecular weight excluding hydrogens is 331 g/mol. The maximum absolute atomic E-state index is 12.0. The van der Waals surface area contributed by atoms with Gasteiger partial charge in [0.25, 0.3) is 0 Å². The number of cyclic esters (lactones) is 1. The molecule has 0 bridgehead atoms. The summed E-state index contributed by atoms with van der Waals surface area (Å²) in [7, 11) is 0.